The zero-order valence-corrected chi connectivity index (χ0v) is 13.3. The van der Waals surface area contributed by atoms with Crippen molar-refractivity contribution in [3.8, 4) is 0 Å². The fraction of sp³-hybridized carbons (Fsp3) is 0.118. The molecule has 0 aliphatic heterocycles. The Morgan fingerprint density at radius 2 is 1.79 bits per heavy atom. The van der Waals surface area contributed by atoms with E-state index in [0.29, 0.717) is 15.9 Å². The number of H-pyrrole nitrogens is 1. The van der Waals surface area contributed by atoms with Crippen molar-refractivity contribution in [2.45, 2.75) is 13.1 Å². The van der Waals surface area contributed by atoms with Crippen LogP contribution < -0.4 is 16.6 Å². The average molecular weight is 344 g/mol. The van der Waals surface area contributed by atoms with E-state index in [1.165, 1.54) is 4.57 Å². The molecule has 0 saturated heterocycles. The molecule has 2 N–H and O–H groups in total. The van der Waals surface area contributed by atoms with Crippen molar-refractivity contribution in [3.63, 3.8) is 0 Å². The van der Waals surface area contributed by atoms with Gasteiger partial charge in [-0.25, -0.2) is 4.79 Å². The molecule has 0 spiro atoms. The maximum atomic E-state index is 12.2. The van der Waals surface area contributed by atoms with Gasteiger partial charge < -0.3 is 5.32 Å². The highest BCUT2D eigenvalue weighted by atomic mass is 35.5. The summed E-state index contributed by atoms with van der Waals surface area (Å²) in [7, 11) is 0. The lowest BCUT2D eigenvalue weighted by Gasteiger charge is -2.10. The van der Waals surface area contributed by atoms with Crippen LogP contribution in [0.3, 0.4) is 0 Å². The summed E-state index contributed by atoms with van der Waals surface area (Å²) >= 11 is 6.04. The Morgan fingerprint density at radius 1 is 1.08 bits per heavy atom. The minimum Gasteiger partial charge on any atom is -0.350 e. The average Bonchev–Trinajstić information content (AvgIpc) is 2.58. The lowest BCUT2D eigenvalue weighted by molar-refractivity contribution is -0.121. The molecule has 1 aromatic heterocycles. The third-order valence-electron chi connectivity index (χ3n) is 3.64. The molecule has 0 unspecified atom stereocenters. The van der Waals surface area contributed by atoms with Gasteiger partial charge in [-0.05, 0) is 23.8 Å². The highest BCUT2D eigenvalue weighted by Crippen LogP contribution is 2.14. The van der Waals surface area contributed by atoms with Gasteiger partial charge in [-0.1, -0.05) is 41.9 Å². The van der Waals surface area contributed by atoms with Gasteiger partial charge in [0.25, 0.3) is 5.56 Å². The van der Waals surface area contributed by atoms with Crippen molar-refractivity contribution in [1.82, 2.24) is 14.9 Å². The Morgan fingerprint density at radius 3 is 2.58 bits per heavy atom. The van der Waals surface area contributed by atoms with Gasteiger partial charge >= 0.3 is 5.69 Å². The fourth-order valence-electron chi connectivity index (χ4n) is 2.43. The molecule has 1 amide bonds. The van der Waals surface area contributed by atoms with Gasteiger partial charge in [0, 0.05) is 11.6 Å². The minimum absolute atomic E-state index is 0.194. The van der Waals surface area contributed by atoms with E-state index >= 15 is 0 Å². The largest absolute Gasteiger partial charge is 0.350 e. The normalized spacial score (nSPS) is 10.7. The highest BCUT2D eigenvalue weighted by molar-refractivity contribution is 6.31. The van der Waals surface area contributed by atoms with Crippen LogP contribution in [0.4, 0.5) is 0 Å². The first-order valence-electron chi connectivity index (χ1n) is 7.28. The number of rotatable bonds is 4. The first kappa shape index (κ1) is 16.0. The molecule has 24 heavy (non-hydrogen) atoms. The Balaban J connectivity index is 1.83. The number of halogens is 1. The number of hydrogen-bond acceptors (Lipinski definition) is 3. The monoisotopic (exact) mass is 343 g/mol. The molecule has 3 rings (SSSR count). The Hall–Kier alpha value is -2.86. The van der Waals surface area contributed by atoms with Crippen molar-refractivity contribution >= 4 is 28.4 Å². The second kappa shape index (κ2) is 6.72. The summed E-state index contributed by atoms with van der Waals surface area (Å²) in [5.41, 5.74) is 0.111. The number of hydrogen-bond donors (Lipinski definition) is 2. The summed E-state index contributed by atoms with van der Waals surface area (Å²) in [6, 6.07) is 13.8. The minimum atomic E-state index is -0.619. The molecule has 122 valence electrons. The SMILES string of the molecule is O=C(Cn1c(=O)[nH]c(=O)c2ccccc21)NCc1ccccc1Cl. The highest BCUT2D eigenvalue weighted by Gasteiger charge is 2.11. The van der Waals surface area contributed by atoms with E-state index in [-0.39, 0.29) is 19.0 Å². The molecule has 6 nitrogen and oxygen atoms in total. The van der Waals surface area contributed by atoms with Gasteiger partial charge in [-0.3, -0.25) is 19.1 Å². The molecule has 1 heterocycles. The lowest BCUT2D eigenvalue weighted by Crippen LogP contribution is -2.36. The fourth-order valence-corrected chi connectivity index (χ4v) is 2.64. The Labute approximate surface area is 141 Å². The van der Waals surface area contributed by atoms with Gasteiger partial charge in [-0.2, -0.15) is 0 Å². The van der Waals surface area contributed by atoms with Crippen molar-refractivity contribution in [3.05, 3.63) is 80.0 Å². The number of nitrogens with zero attached hydrogens (tertiary/aromatic N) is 1. The van der Waals surface area contributed by atoms with Crippen molar-refractivity contribution in [2.75, 3.05) is 0 Å². The van der Waals surface area contributed by atoms with E-state index in [4.69, 9.17) is 11.6 Å². The topological polar surface area (TPSA) is 84.0 Å². The third-order valence-corrected chi connectivity index (χ3v) is 4.01. The quantitative estimate of drug-likeness (QED) is 0.755. The van der Waals surface area contributed by atoms with Gasteiger partial charge in [0.05, 0.1) is 10.9 Å². The Kier molecular flexibility index (Phi) is 4.48. The van der Waals surface area contributed by atoms with E-state index in [9.17, 15) is 14.4 Å². The summed E-state index contributed by atoms with van der Waals surface area (Å²) in [6.07, 6.45) is 0. The molecule has 0 saturated carbocycles. The van der Waals surface area contributed by atoms with Crippen molar-refractivity contribution in [2.24, 2.45) is 0 Å². The second-order valence-corrected chi connectivity index (χ2v) is 5.64. The first-order chi connectivity index (χ1) is 11.6. The molecule has 0 fully saturated rings. The van der Waals surface area contributed by atoms with Gasteiger partial charge in [0.15, 0.2) is 0 Å². The summed E-state index contributed by atoms with van der Waals surface area (Å²) < 4.78 is 1.23. The van der Waals surface area contributed by atoms with E-state index in [0.717, 1.165) is 5.56 Å². The first-order valence-corrected chi connectivity index (χ1v) is 7.66. The van der Waals surface area contributed by atoms with Gasteiger partial charge in [-0.15, -0.1) is 0 Å². The number of carbonyl (C=O) groups excluding carboxylic acids is 1. The van der Waals surface area contributed by atoms with Crippen LogP contribution in [0.25, 0.3) is 10.9 Å². The van der Waals surface area contributed by atoms with E-state index in [1.807, 2.05) is 12.1 Å². The molecule has 0 atom stereocenters. The number of carbonyl (C=O) groups is 1. The van der Waals surface area contributed by atoms with Crippen molar-refractivity contribution < 1.29 is 4.79 Å². The number of aromatic amines is 1. The smallest absolute Gasteiger partial charge is 0.329 e. The number of aromatic nitrogens is 2. The summed E-state index contributed by atoms with van der Waals surface area (Å²) in [5, 5.41) is 3.64. The van der Waals surface area contributed by atoms with Crippen LogP contribution in [-0.4, -0.2) is 15.5 Å². The van der Waals surface area contributed by atoms with Gasteiger partial charge in [0.2, 0.25) is 5.91 Å². The second-order valence-electron chi connectivity index (χ2n) is 5.23. The third kappa shape index (κ3) is 3.23. The molecule has 2 aromatic carbocycles. The number of nitrogens with one attached hydrogen (secondary N) is 2. The molecule has 0 aliphatic carbocycles. The van der Waals surface area contributed by atoms with Crippen LogP contribution in [0, 0.1) is 0 Å². The van der Waals surface area contributed by atoms with E-state index in [2.05, 4.69) is 10.3 Å². The predicted molar refractivity (Wildman–Crippen MR) is 92.1 cm³/mol. The van der Waals surface area contributed by atoms with Crippen LogP contribution in [0.15, 0.2) is 58.1 Å². The zero-order chi connectivity index (χ0) is 17.1. The Bertz CT molecular complexity index is 1020. The summed E-state index contributed by atoms with van der Waals surface area (Å²) in [5.74, 6) is -0.353. The standard InChI is InChI=1S/C17H14ClN3O3/c18-13-7-3-1-5-11(13)9-19-15(22)10-21-14-8-4-2-6-12(14)16(23)20-17(21)24/h1-8H,9-10H2,(H,19,22)(H,20,23,24). The van der Waals surface area contributed by atoms with Gasteiger partial charge in [0.1, 0.15) is 6.54 Å². The maximum Gasteiger partial charge on any atom is 0.329 e. The van der Waals surface area contributed by atoms with Crippen LogP contribution in [-0.2, 0) is 17.9 Å². The van der Waals surface area contributed by atoms with Crippen molar-refractivity contribution in [1.29, 1.82) is 0 Å². The molecular formula is C17H14ClN3O3. The zero-order valence-electron chi connectivity index (χ0n) is 12.6. The maximum absolute atomic E-state index is 12.2. The molecular weight excluding hydrogens is 330 g/mol. The van der Waals surface area contributed by atoms with E-state index < -0.39 is 11.2 Å². The number of para-hydroxylation sites is 1. The molecule has 0 aliphatic rings. The molecule has 3 aromatic rings. The molecule has 7 heteroatoms. The van der Waals surface area contributed by atoms with Crippen LogP contribution in [0.1, 0.15) is 5.56 Å². The van der Waals surface area contributed by atoms with E-state index in [1.54, 1.807) is 36.4 Å². The molecule has 0 radical (unpaired) electrons. The van der Waals surface area contributed by atoms with Crippen LogP contribution in [0.5, 0.6) is 0 Å². The predicted octanol–water partition coefficient (Wildman–Crippen LogP) is 1.66. The summed E-state index contributed by atoms with van der Waals surface area (Å²) in [4.78, 5) is 38.2. The number of amides is 1. The molecule has 0 bridgehead atoms. The number of fused-ring (bicyclic) bond motifs is 1. The van der Waals surface area contributed by atoms with Crippen LogP contribution >= 0.6 is 11.6 Å². The summed E-state index contributed by atoms with van der Waals surface area (Å²) in [6.45, 7) is 0.0646. The number of benzene rings is 2. The van der Waals surface area contributed by atoms with Crippen LogP contribution in [0.2, 0.25) is 5.02 Å². The lowest BCUT2D eigenvalue weighted by atomic mass is 10.2.